The van der Waals surface area contributed by atoms with Crippen molar-refractivity contribution < 1.29 is 0 Å². The van der Waals surface area contributed by atoms with Gasteiger partial charge in [-0.3, -0.25) is 4.68 Å². The Labute approximate surface area is 87.4 Å². The molecule has 0 aromatic carbocycles. The first-order valence-corrected chi connectivity index (χ1v) is 5.30. The quantitative estimate of drug-likeness (QED) is 0.889. The molecule has 13 heavy (non-hydrogen) atoms. The highest BCUT2D eigenvalue weighted by molar-refractivity contribution is 9.10. The van der Waals surface area contributed by atoms with Gasteiger partial charge in [0.2, 0.25) is 0 Å². The summed E-state index contributed by atoms with van der Waals surface area (Å²) < 4.78 is 3.07. The number of hydrogen-bond donors (Lipinski definition) is 1. The molecule has 0 bridgehead atoms. The average Bonchev–Trinajstić information content (AvgIpc) is 2.46. The lowest BCUT2D eigenvalue weighted by Gasteiger charge is -2.15. The number of rotatable bonds is 3. The third-order valence-corrected chi connectivity index (χ3v) is 2.71. The molecule has 0 saturated carbocycles. The molecule has 2 N–H and O–H groups in total. The summed E-state index contributed by atoms with van der Waals surface area (Å²) in [6.45, 7) is 7.00. The van der Waals surface area contributed by atoms with Crippen LogP contribution in [0, 0.1) is 0 Å². The van der Waals surface area contributed by atoms with Crippen molar-refractivity contribution in [1.82, 2.24) is 9.78 Å². The maximum Gasteiger partial charge on any atom is 0.0635 e. The molecule has 0 aliphatic rings. The largest absolute Gasteiger partial charge is 0.330 e. The minimum atomic E-state index is 0.347. The van der Waals surface area contributed by atoms with Crippen molar-refractivity contribution in [2.45, 2.75) is 32.7 Å². The number of halogens is 1. The maximum absolute atomic E-state index is 5.64. The molecule has 1 atom stereocenters. The van der Waals surface area contributed by atoms with Crippen LogP contribution in [0.5, 0.6) is 0 Å². The van der Waals surface area contributed by atoms with Crippen LogP contribution in [0.2, 0.25) is 0 Å². The highest BCUT2D eigenvalue weighted by Gasteiger charge is 2.16. The van der Waals surface area contributed by atoms with Crippen LogP contribution in [0.3, 0.4) is 0 Å². The zero-order valence-electron chi connectivity index (χ0n) is 8.29. The molecule has 4 heteroatoms. The standard InChI is InChI=1S/C9H16BrN3/c1-6(2)13-9(7(3)4-11)8(10)5-12-13/h5-7H,4,11H2,1-3H3. The summed E-state index contributed by atoms with van der Waals surface area (Å²) in [4.78, 5) is 0. The topological polar surface area (TPSA) is 43.8 Å². The zero-order valence-corrected chi connectivity index (χ0v) is 9.87. The summed E-state index contributed by atoms with van der Waals surface area (Å²) in [5, 5.41) is 4.30. The molecule has 1 aromatic heterocycles. The lowest BCUT2D eigenvalue weighted by atomic mass is 10.1. The fourth-order valence-corrected chi connectivity index (χ4v) is 2.00. The Bertz CT molecular complexity index is 280. The van der Waals surface area contributed by atoms with Gasteiger partial charge in [0.25, 0.3) is 0 Å². The first-order valence-electron chi connectivity index (χ1n) is 4.50. The Morgan fingerprint density at radius 2 is 2.15 bits per heavy atom. The van der Waals surface area contributed by atoms with Crippen LogP contribution in [0.15, 0.2) is 10.7 Å². The molecule has 0 fully saturated rings. The fraction of sp³-hybridized carbons (Fsp3) is 0.667. The molecular formula is C9H16BrN3. The van der Waals surface area contributed by atoms with Crippen LogP contribution in [0.25, 0.3) is 0 Å². The van der Waals surface area contributed by atoms with Crippen molar-refractivity contribution in [1.29, 1.82) is 0 Å². The summed E-state index contributed by atoms with van der Waals surface area (Å²) in [6.07, 6.45) is 1.83. The van der Waals surface area contributed by atoms with Crippen LogP contribution in [-0.2, 0) is 0 Å². The Morgan fingerprint density at radius 1 is 1.54 bits per heavy atom. The molecule has 0 aliphatic heterocycles. The van der Waals surface area contributed by atoms with E-state index < -0.39 is 0 Å². The lowest BCUT2D eigenvalue weighted by Crippen LogP contribution is -2.16. The molecule has 0 radical (unpaired) electrons. The van der Waals surface area contributed by atoms with E-state index in [0.717, 1.165) is 4.47 Å². The Hall–Kier alpha value is -0.350. The fourth-order valence-electron chi connectivity index (χ4n) is 1.33. The maximum atomic E-state index is 5.64. The Morgan fingerprint density at radius 3 is 2.62 bits per heavy atom. The number of aromatic nitrogens is 2. The van der Waals surface area contributed by atoms with Crippen molar-refractivity contribution in [2.75, 3.05) is 6.54 Å². The molecule has 3 nitrogen and oxygen atoms in total. The van der Waals surface area contributed by atoms with Crippen molar-refractivity contribution in [3.63, 3.8) is 0 Å². The van der Waals surface area contributed by atoms with Gasteiger partial charge in [-0.2, -0.15) is 5.10 Å². The van der Waals surface area contributed by atoms with E-state index in [0.29, 0.717) is 18.5 Å². The van der Waals surface area contributed by atoms with Crippen molar-refractivity contribution in [3.05, 3.63) is 16.4 Å². The molecule has 1 aromatic rings. The normalized spacial score (nSPS) is 13.7. The highest BCUT2D eigenvalue weighted by Crippen LogP contribution is 2.26. The molecular weight excluding hydrogens is 230 g/mol. The molecule has 74 valence electrons. The van der Waals surface area contributed by atoms with E-state index in [1.165, 1.54) is 5.69 Å². The second-order valence-electron chi connectivity index (χ2n) is 3.55. The van der Waals surface area contributed by atoms with E-state index in [1.54, 1.807) is 0 Å². The van der Waals surface area contributed by atoms with Crippen molar-refractivity contribution in [3.8, 4) is 0 Å². The van der Waals surface area contributed by atoms with E-state index >= 15 is 0 Å². The third kappa shape index (κ3) is 2.11. The van der Waals surface area contributed by atoms with Crippen LogP contribution in [-0.4, -0.2) is 16.3 Å². The molecule has 1 heterocycles. The van der Waals surface area contributed by atoms with Gasteiger partial charge in [-0.15, -0.1) is 0 Å². The van der Waals surface area contributed by atoms with Gasteiger partial charge in [-0.1, -0.05) is 6.92 Å². The predicted molar refractivity (Wildman–Crippen MR) is 57.8 cm³/mol. The van der Waals surface area contributed by atoms with Gasteiger partial charge < -0.3 is 5.73 Å². The number of hydrogen-bond acceptors (Lipinski definition) is 2. The first kappa shape index (κ1) is 10.7. The van der Waals surface area contributed by atoms with Crippen LogP contribution < -0.4 is 5.73 Å². The summed E-state index contributed by atoms with van der Waals surface area (Å²) in [6, 6.07) is 0.385. The van der Waals surface area contributed by atoms with Crippen LogP contribution >= 0.6 is 15.9 Å². The van der Waals surface area contributed by atoms with Gasteiger partial charge in [0.1, 0.15) is 0 Å². The number of nitrogens with zero attached hydrogens (tertiary/aromatic N) is 2. The predicted octanol–water partition coefficient (Wildman–Crippen LogP) is 2.29. The second kappa shape index (κ2) is 4.24. The molecule has 0 aliphatic carbocycles. The smallest absolute Gasteiger partial charge is 0.0635 e. The molecule has 0 saturated heterocycles. The van der Waals surface area contributed by atoms with Gasteiger partial charge >= 0.3 is 0 Å². The van der Waals surface area contributed by atoms with E-state index in [9.17, 15) is 0 Å². The van der Waals surface area contributed by atoms with Crippen molar-refractivity contribution in [2.24, 2.45) is 5.73 Å². The van der Waals surface area contributed by atoms with E-state index in [2.05, 4.69) is 41.8 Å². The summed E-state index contributed by atoms with van der Waals surface area (Å²) in [7, 11) is 0. The molecule has 1 rings (SSSR count). The Balaban J connectivity index is 3.08. The zero-order chi connectivity index (χ0) is 10.0. The van der Waals surface area contributed by atoms with Crippen molar-refractivity contribution >= 4 is 15.9 Å². The molecule has 1 unspecified atom stereocenters. The SMILES string of the molecule is CC(CN)c1c(Br)cnn1C(C)C. The minimum absolute atomic E-state index is 0.347. The summed E-state index contributed by atoms with van der Waals surface area (Å²) >= 11 is 3.49. The first-order chi connectivity index (χ1) is 6.07. The van der Waals surface area contributed by atoms with Gasteiger partial charge in [-0.05, 0) is 29.8 Å². The van der Waals surface area contributed by atoms with Gasteiger partial charge in [0, 0.05) is 18.5 Å². The van der Waals surface area contributed by atoms with E-state index in [4.69, 9.17) is 5.73 Å². The monoisotopic (exact) mass is 245 g/mol. The minimum Gasteiger partial charge on any atom is -0.330 e. The third-order valence-electron chi connectivity index (χ3n) is 2.10. The van der Waals surface area contributed by atoms with Crippen LogP contribution in [0.1, 0.15) is 38.4 Å². The molecule has 0 amide bonds. The van der Waals surface area contributed by atoms with Gasteiger partial charge in [0.15, 0.2) is 0 Å². The highest BCUT2D eigenvalue weighted by atomic mass is 79.9. The van der Waals surface area contributed by atoms with Gasteiger partial charge in [0.05, 0.1) is 16.4 Å². The van der Waals surface area contributed by atoms with E-state index in [-0.39, 0.29) is 0 Å². The average molecular weight is 246 g/mol. The Kier molecular flexibility index (Phi) is 3.50. The van der Waals surface area contributed by atoms with Crippen LogP contribution in [0.4, 0.5) is 0 Å². The molecule has 0 spiro atoms. The van der Waals surface area contributed by atoms with E-state index in [1.807, 2.05) is 10.9 Å². The summed E-state index contributed by atoms with van der Waals surface area (Å²) in [5.41, 5.74) is 6.83. The van der Waals surface area contributed by atoms with Gasteiger partial charge in [-0.25, -0.2) is 0 Å². The summed E-state index contributed by atoms with van der Waals surface area (Å²) in [5.74, 6) is 0.347. The number of nitrogens with two attached hydrogens (primary N) is 1. The second-order valence-corrected chi connectivity index (χ2v) is 4.41. The lowest BCUT2D eigenvalue weighted by molar-refractivity contribution is 0.492.